The van der Waals surface area contributed by atoms with Crippen LogP contribution in [0, 0.1) is 6.92 Å². The summed E-state index contributed by atoms with van der Waals surface area (Å²) in [7, 11) is 0. The van der Waals surface area contributed by atoms with Crippen molar-refractivity contribution in [1.82, 2.24) is 24.5 Å². The molecule has 7 nitrogen and oxygen atoms in total. The molecule has 4 heterocycles. The summed E-state index contributed by atoms with van der Waals surface area (Å²) in [5.74, 6) is 1.66. The summed E-state index contributed by atoms with van der Waals surface area (Å²) in [5, 5.41) is 4.49. The molecule has 3 saturated heterocycles. The Bertz CT molecular complexity index is 675. The highest BCUT2D eigenvalue weighted by molar-refractivity contribution is 7.99. The maximum absolute atomic E-state index is 12.8. The Morgan fingerprint density at radius 3 is 2.75 bits per heavy atom. The Morgan fingerprint density at radius 2 is 2.00 bits per heavy atom. The first-order valence-electron chi connectivity index (χ1n) is 8.52. The molecule has 0 unspecified atom stereocenters. The lowest BCUT2D eigenvalue weighted by atomic mass is 10.0. The molecule has 3 fully saturated rings. The van der Waals surface area contributed by atoms with Crippen molar-refractivity contribution < 1.29 is 9.59 Å². The third-order valence-electron chi connectivity index (χ3n) is 5.25. The molecule has 2 atom stereocenters. The summed E-state index contributed by atoms with van der Waals surface area (Å²) in [6, 6.07) is -0.543. The van der Waals surface area contributed by atoms with E-state index >= 15 is 0 Å². The van der Waals surface area contributed by atoms with Gasteiger partial charge in [0.25, 0.3) is 0 Å². The number of amides is 2. The molecule has 2 amide bonds. The molecule has 3 aliphatic rings. The van der Waals surface area contributed by atoms with E-state index in [0.717, 1.165) is 31.1 Å². The second-order valence-corrected chi connectivity index (χ2v) is 7.70. The van der Waals surface area contributed by atoms with Crippen LogP contribution < -0.4 is 0 Å². The lowest BCUT2D eigenvalue weighted by molar-refractivity contribution is -0.162. The zero-order valence-electron chi connectivity index (χ0n) is 14.1. The van der Waals surface area contributed by atoms with Crippen molar-refractivity contribution in [2.24, 2.45) is 0 Å². The van der Waals surface area contributed by atoms with Gasteiger partial charge in [0.2, 0.25) is 11.8 Å². The number of carbonyl (C=O) groups excluding carboxylic acids is 2. The van der Waals surface area contributed by atoms with Crippen molar-refractivity contribution in [3.8, 4) is 0 Å². The van der Waals surface area contributed by atoms with Gasteiger partial charge in [-0.15, -0.1) is 11.8 Å². The number of thioether (sulfide) groups is 1. The third-order valence-corrected chi connectivity index (χ3v) is 6.26. The normalized spacial score (nSPS) is 27.6. The van der Waals surface area contributed by atoms with Crippen molar-refractivity contribution in [2.75, 3.05) is 31.3 Å². The average molecular weight is 349 g/mol. The van der Waals surface area contributed by atoms with Gasteiger partial charge in [0.1, 0.15) is 12.1 Å². The van der Waals surface area contributed by atoms with Gasteiger partial charge in [-0.05, 0) is 13.8 Å². The molecule has 0 saturated carbocycles. The maximum Gasteiger partial charge on any atom is 0.248 e. The van der Waals surface area contributed by atoms with E-state index in [2.05, 4.69) is 23.1 Å². The number of aromatic nitrogens is 2. The first-order valence-corrected chi connectivity index (χ1v) is 9.68. The van der Waals surface area contributed by atoms with Crippen LogP contribution in [0.5, 0.6) is 0 Å². The molecule has 0 aromatic carbocycles. The highest BCUT2D eigenvalue weighted by atomic mass is 32.2. The molecule has 1 aromatic heterocycles. The van der Waals surface area contributed by atoms with Crippen LogP contribution in [0.1, 0.15) is 18.2 Å². The maximum atomic E-state index is 12.8. The molecule has 4 rings (SSSR count). The number of aryl methyl sites for hydroxylation is 2. The topological polar surface area (TPSA) is 61.7 Å². The first kappa shape index (κ1) is 16.0. The Balaban J connectivity index is 1.49. The Labute approximate surface area is 145 Å². The van der Waals surface area contributed by atoms with Crippen LogP contribution >= 0.6 is 11.8 Å². The highest BCUT2D eigenvalue weighted by Crippen LogP contribution is 2.30. The first-order chi connectivity index (χ1) is 11.6. The minimum Gasteiger partial charge on any atom is -0.326 e. The van der Waals surface area contributed by atoms with Gasteiger partial charge in [-0.2, -0.15) is 5.10 Å². The zero-order valence-corrected chi connectivity index (χ0v) is 15.0. The van der Waals surface area contributed by atoms with E-state index in [1.807, 2.05) is 16.5 Å². The number of hydrogen-bond acceptors (Lipinski definition) is 5. The van der Waals surface area contributed by atoms with Crippen LogP contribution in [0.2, 0.25) is 0 Å². The van der Waals surface area contributed by atoms with Crippen LogP contribution in [-0.2, 0) is 22.7 Å². The minimum absolute atomic E-state index is 0.121. The van der Waals surface area contributed by atoms with Gasteiger partial charge >= 0.3 is 0 Å². The molecule has 0 aliphatic carbocycles. The monoisotopic (exact) mass is 349 g/mol. The molecule has 0 bridgehead atoms. The minimum atomic E-state index is -0.317. The molecule has 8 heteroatoms. The molecular weight excluding hydrogens is 326 g/mol. The van der Waals surface area contributed by atoms with Crippen molar-refractivity contribution in [3.05, 3.63) is 17.5 Å². The van der Waals surface area contributed by atoms with Crippen molar-refractivity contribution in [3.63, 3.8) is 0 Å². The lowest BCUT2D eigenvalue weighted by Gasteiger charge is -2.47. The third kappa shape index (κ3) is 2.52. The molecule has 0 spiro atoms. The number of rotatable bonds is 3. The average Bonchev–Trinajstić information content (AvgIpc) is 3.20. The summed E-state index contributed by atoms with van der Waals surface area (Å²) >= 11 is 1.68. The Hall–Kier alpha value is -1.54. The fourth-order valence-corrected chi connectivity index (χ4v) is 4.98. The van der Waals surface area contributed by atoms with Gasteiger partial charge in [0, 0.05) is 50.2 Å². The quantitative estimate of drug-likeness (QED) is 0.777. The van der Waals surface area contributed by atoms with E-state index in [4.69, 9.17) is 0 Å². The molecule has 24 heavy (non-hydrogen) atoms. The SMILES string of the molecule is CCn1cc(CN2CCN3C(=O)[C@@H]4CSCN4C(=O)[C@H]3C2)c(C)n1. The number of hydrogen-bond donors (Lipinski definition) is 0. The van der Waals surface area contributed by atoms with E-state index in [0.29, 0.717) is 19.0 Å². The zero-order chi connectivity index (χ0) is 16.8. The van der Waals surface area contributed by atoms with E-state index in [1.165, 1.54) is 5.56 Å². The van der Waals surface area contributed by atoms with Crippen LogP contribution in [-0.4, -0.2) is 79.6 Å². The number of piperazine rings is 2. The number of fused-ring (bicyclic) bond motifs is 2. The second kappa shape index (κ2) is 6.07. The molecule has 0 N–H and O–H groups in total. The fraction of sp³-hybridized carbons (Fsp3) is 0.688. The van der Waals surface area contributed by atoms with Gasteiger partial charge in [-0.1, -0.05) is 0 Å². The van der Waals surface area contributed by atoms with E-state index in [-0.39, 0.29) is 23.9 Å². The summed E-state index contributed by atoms with van der Waals surface area (Å²) in [6.45, 7) is 7.82. The number of nitrogens with zero attached hydrogens (tertiary/aromatic N) is 5. The molecular formula is C16H23N5O2S. The standard InChI is InChI=1S/C16H23N5O2S/c1-3-19-7-12(11(2)17-19)6-18-4-5-20-13(8-18)15(22)21-10-24-9-14(21)16(20)23/h7,13-14H,3-6,8-10H2,1-2H3/t13-,14+/m1/s1. The van der Waals surface area contributed by atoms with Crippen molar-refractivity contribution >= 4 is 23.6 Å². The van der Waals surface area contributed by atoms with Crippen LogP contribution in [0.15, 0.2) is 6.20 Å². The van der Waals surface area contributed by atoms with Crippen LogP contribution in [0.3, 0.4) is 0 Å². The molecule has 130 valence electrons. The van der Waals surface area contributed by atoms with Gasteiger partial charge in [0.15, 0.2) is 0 Å². The fourth-order valence-electron chi connectivity index (χ4n) is 3.82. The smallest absolute Gasteiger partial charge is 0.248 e. The Morgan fingerprint density at radius 1 is 1.21 bits per heavy atom. The van der Waals surface area contributed by atoms with E-state index in [1.54, 1.807) is 16.7 Å². The van der Waals surface area contributed by atoms with Gasteiger partial charge in [-0.25, -0.2) is 0 Å². The predicted molar refractivity (Wildman–Crippen MR) is 91.4 cm³/mol. The van der Waals surface area contributed by atoms with Crippen LogP contribution in [0.4, 0.5) is 0 Å². The van der Waals surface area contributed by atoms with Gasteiger partial charge in [-0.3, -0.25) is 19.2 Å². The van der Waals surface area contributed by atoms with E-state index < -0.39 is 0 Å². The summed E-state index contributed by atoms with van der Waals surface area (Å²) < 4.78 is 1.95. The molecule has 3 aliphatic heterocycles. The largest absolute Gasteiger partial charge is 0.326 e. The van der Waals surface area contributed by atoms with Crippen molar-refractivity contribution in [2.45, 2.75) is 39.0 Å². The molecule has 1 aromatic rings. The predicted octanol–water partition coefficient (Wildman–Crippen LogP) is 0.139. The van der Waals surface area contributed by atoms with Gasteiger partial charge in [0.05, 0.1) is 11.6 Å². The Kier molecular flexibility index (Phi) is 4.04. The summed E-state index contributed by atoms with van der Waals surface area (Å²) in [5.41, 5.74) is 2.25. The van der Waals surface area contributed by atoms with Gasteiger partial charge < -0.3 is 9.80 Å². The summed E-state index contributed by atoms with van der Waals surface area (Å²) in [4.78, 5) is 31.3. The lowest BCUT2D eigenvalue weighted by Crippen LogP contribution is -2.69. The second-order valence-electron chi connectivity index (χ2n) is 6.70. The van der Waals surface area contributed by atoms with Crippen LogP contribution in [0.25, 0.3) is 0 Å². The summed E-state index contributed by atoms with van der Waals surface area (Å²) in [6.07, 6.45) is 2.09. The van der Waals surface area contributed by atoms with E-state index in [9.17, 15) is 9.59 Å². The molecule has 0 radical (unpaired) electrons. The number of carbonyl (C=O) groups is 2. The highest BCUT2D eigenvalue weighted by Gasteiger charge is 2.49. The van der Waals surface area contributed by atoms with Crippen molar-refractivity contribution in [1.29, 1.82) is 0 Å².